The Morgan fingerprint density at radius 2 is 1.92 bits per heavy atom. The van der Waals surface area contributed by atoms with Crippen molar-refractivity contribution in [1.29, 1.82) is 0 Å². The van der Waals surface area contributed by atoms with Crippen LogP contribution in [0.15, 0.2) is 0 Å². The number of hydrogen-bond donors (Lipinski definition) is 2. The number of unbranched alkanes of at least 4 members (excludes halogenated alkanes) is 1. The zero-order valence-electron chi connectivity index (χ0n) is 7.19. The standard InChI is InChI=1S/C7H15NO4/c1-2-3-4-7(5-9,6-10)8(11)12/h9-10H,2-6H2,1H3. The predicted octanol–water partition coefficient (Wildman–Crippen LogP) is 0.177. The summed E-state index contributed by atoms with van der Waals surface area (Å²) in [5, 5.41) is 28.0. The van der Waals surface area contributed by atoms with Gasteiger partial charge in [0, 0.05) is 11.3 Å². The molecule has 2 N–H and O–H groups in total. The lowest BCUT2D eigenvalue weighted by Gasteiger charge is -2.19. The van der Waals surface area contributed by atoms with Gasteiger partial charge in [-0.25, -0.2) is 0 Å². The predicted molar refractivity (Wildman–Crippen MR) is 43.4 cm³/mol. The van der Waals surface area contributed by atoms with Crippen molar-refractivity contribution in [2.45, 2.75) is 31.7 Å². The Morgan fingerprint density at radius 3 is 2.17 bits per heavy atom. The Bertz CT molecular complexity index is 144. The minimum absolute atomic E-state index is 0.226. The van der Waals surface area contributed by atoms with Crippen molar-refractivity contribution >= 4 is 0 Å². The molecule has 0 amide bonds. The number of aliphatic hydroxyl groups excluding tert-OH is 2. The van der Waals surface area contributed by atoms with Gasteiger partial charge >= 0.3 is 0 Å². The Kier molecular flexibility index (Phi) is 4.77. The maximum atomic E-state index is 10.5. The van der Waals surface area contributed by atoms with Gasteiger partial charge in [-0.1, -0.05) is 13.3 Å². The van der Waals surface area contributed by atoms with Crippen molar-refractivity contribution in [2.75, 3.05) is 13.2 Å². The second-order valence-electron chi connectivity index (χ2n) is 2.90. The minimum Gasteiger partial charge on any atom is -0.389 e. The van der Waals surface area contributed by atoms with E-state index >= 15 is 0 Å². The molecule has 0 aromatic rings. The fraction of sp³-hybridized carbons (Fsp3) is 1.00. The topological polar surface area (TPSA) is 83.6 Å². The Hall–Kier alpha value is -0.680. The molecule has 12 heavy (non-hydrogen) atoms. The summed E-state index contributed by atoms with van der Waals surface area (Å²) in [6.07, 6.45) is 1.68. The quantitative estimate of drug-likeness (QED) is 0.447. The molecule has 0 rings (SSSR count). The third kappa shape index (κ3) is 2.42. The van der Waals surface area contributed by atoms with Crippen LogP contribution in [0.2, 0.25) is 0 Å². The zero-order chi connectivity index (χ0) is 9.61. The summed E-state index contributed by atoms with van der Waals surface area (Å²) in [6, 6.07) is 0. The third-order valence-electron chi connectivity index (χ3n) is 1.97. The lowest BCUT2D eigenvalue weighted by Crippen LogP contribution is -2.45. The first-order valence-electron chi connectivity index (χ1n) is 3.99. The van der Waals surface area contributed by atoms with Gasteiger partial charge in [0.2, 0.25) is 0 Å². The summed E-state index contributed by atoms with van der Waals surface area (Å²) < 4.78 is 0. The second-order valence-corrected chi connectivity index (χ2v) is 2.90. The molecule has 0 aliphatic rings. The van der Waals surface area contributed by atoms with E-state index < -0.39 is 23.7 Å². The van der Waals surface area contributed by atoms with Crippen molar-refractivity contribution in [3.63, 3.8) is 0 Å². The smallest absolute Gasteiger partial charge is 0.267 e. The van der Waals surface area contributed by atoms with E-state index in [0.717, 1.165) is 6.42 Å². The summed E-state index contributed by atoms with van der Waals surface area (Å²) in [4.78, 5) is 9.88. The molecule has 0 saturated carbocycles. The highest BCUT2D eigenvalue weighted by Gasteiger charge is 2.40. The van der Waals surface area contributed by atoms with Crippen LogP contribution in [0.1, 0.15) is 26.2 Å². The molecule has 0 atom stereocenters. The first kappa shape index (κ1) is 11.3. The van der Waals surface area contributed by atoms with Crippen LogP contribution < -0.4 is 0 Å². The van der Waals surface area contributed by atoms with Crippen LogP contribution in [0.25, 0.3) is 0 Å². The summed E-state index contributed by atoms with van der Waals surface area (Å²) in [5.74, 6) is 0. The minimum atomic E-state index is -1.53. The largest absolute Gasteiger partial charge is 0.389 e. The van der Waals surface area contributed by atoms with Gasteiger partial charge in [0.1, 0.15) is 13.2 Å². The molecular formula is C7H15NO4. The number of nitro groups is 1. The monoisotopic (exact) mass is 177 g/mol. The van der Waals surface area contributed by atoms with Gasteiger partial charge in [0.25, 0.3) is 5.54 Å². The highest BCUT2D eigenvalue weighted by Crippen LogP contribution is 2.16. The van der Waals surface area contributed by atoms with E-state index in [9.17, 15) is 10.1 Å². The van der Waals surface area contributed by atoms with E-state index in [2.05, 4.69) is 0 Å². The van der Waals surface area contributed by atoms with Crippen molar-refractivity contribution in [2.24, 2.45) is 0 Å². The fourth-order valence-electron chi connectivity index (χ4n) is 0.921. The number of hydrogen-bond acceptors (Lipinski definition) is 4. The molecule has 0 bridgehead atoms. The van der Waals surface area contributed by atoms with E-state index in [1.54, 1.807) is 0 Å². The van der Waals surface area contributed by atoms with Crippen LogP contribution in [0.5, 0.6) is 0 Å². The van der Waals surface area contributed by atoms with Crippen LogP contribution in [0.3, 0.4) is 0 Å². The maximum Gasteiger partial charge on any atom is 0.267 e. The molecule has 0 aliphatic heterocycles. The molecule has 0 heterocycles. The molecule has 0 aromatic carbocycles. The molecular weight excluding hydrogens is 162 g/mol. The van der Waals surface area contributed by atoms with Crippen LogP contribution in [0.4, 0.5) is 0 Å². The van der Waals surface area contributed by atoms with Gasteiger partial charge in [0.15, 0.2) is 0 Å². The molecule has 0 fully saturated rings. The second kappa shape index (κ2) is 5.05. The van der Waals surface area contributed by atoms with Gasteiger partial charge in [-0.15, -0.1) is 0 Å². The molecule has 72 valence electrons. The average molecular weight is 177 g/mol. The fourth-order valence-corrected chi connectivity index (χ4v) is 0.921. The van der Waals surface area contributed by atoms with Crippen molar-refractivity contribution in [3.8, 4) is 0 Å². The molecule has 0 aliphatic carbocycles. The molecule has 5 heteroatoms. The lowest BCUT2D eigenvalue weighted by atomic mass is 9.95. The SMILES string of the molecule is CCCCC(CO)(CO)[N+](=O)[O-]. The average Bonchev–Trinajstić information content (AvgIpc) is 2.07. The highest BCUT2D eigenvalue weighted by molar-refractivity contribution is 4.77. The van der Waals surface area contributed by atoms with Gasteiger partial charge in [-0.3, -0.25) is 10.1 Å². The van der Waals surface area contributed by atoms with Gasteiger partial charge < -0.3 is 10.2 Å². The summed E-state index contributed by atoms with van der Waals surface area (Å²) in [5.41, 5.74) is -1.53. The van der Waals surface area contributed by atoms with Crippen LogP contribution in [-0.2, 0) is 0 Å². The maximum absolute atomic E-state index is 10.5. The van der Waals surface area contributed by atoms with E-state index in [0.29, 0.717) is 6.42 Å². The molecule has 0 saturated heterocycles. The van der Waals surface area contributed by atoms with E-state index in [1.165, 1.54) is 0 Å². The van der Waals surface area contributed by atoms with Gasteiger partial charge in [0.05, 0.1) is 0 Å². The first-order chi connectivity index (χ1) is 5.63. The third-order valence-corrected chi connectivity index (χ3v) is 1.97. The van der Waals surface area contributed by atoms with Crippen molar-refractivity contribution in [3.05, 3.63) is 10.1 Å². The molecule has 5 nitrogen and oxygen atoms in total. The summed E-state index contributed by atoms with van der Waals surface area (Å²) in [7, 11) is 0. The molecule has 0 spiro atoms. The van der Waals surface area contributed by atoms with Crippen LogP contribution in [0, 0.1) is 10.1 Å². The normalized spacial score (nSPS) is 11.6. The lowest BCUT2D eigenvalue weighted by molar-refractivity contribution is -0.578. The molecule has 0 unspecified atom stereocenters. The summed E-state index contributed by atoms with van der Waals surface area (Å²) >= 11 is 0. The summed E-state index contributed by atoms with van der Waals surface area (Å²) in [6.45, 7) is 0.701. The van der Waals surface area contributed by atoms with E-state index in [-0.39, 0.29) is 6.42 Å². The Labute approximate surface area is 71.2 Å². The first-order valence-corrected chi connectivity index (χ1v) is 3.99. The van der Waals surface area contributed by atoms with Gasteiger partial charge in [-0.05, 0) is 6.42 Å². The van der Waals surface area contributed by atoms with Gasteiger partial charge in [-0.2, -0.15) is 0 Å². The van der Waals surface area contributed by atoms with Crippen LogP contribution >= 0.6 is 0 Å². The Balaban J connectivity index is 4.25. The number of rotatable bonds is 6. The highest BCUT2D eigenvalue weighted by atomic mass is 16.6. The van der Waals surface area contributed by atoms with E-state index in [4.69, 9.17) is 10.2 Å². The van der Waals surface area contributed by atoms with Crippen molar-refractivity contribution < 1.29 is 15.1 Å². The zero-order valence-corrected chi connectivity index (χ0v) is 7.19. The Morgan fingerprint density at radius 1 is 1.42 bits per heavy atom. The van der Waals surface area contributed by atoms with Crippen LogP contribution in [-0.4, -0.2) is 33.9 Å². The molecule has 0 radical (unpaired) electrons. The number of aliphatic hydroxyl groups is 2. The van der Waals surface area contributed by atoms with Crippen molar-refractivity contribution in [1.82, 2.24) is 0 Å². The number of nitrogens with zero attached hydrogens (tertiary/aromatic N) is 1. The molecule has 0 aromatic heterocycles. The van der Waals surface area contributed by atoms with E-state index in [1.807, 2.05) is 6.92 Å².